The Morgan fingerprint density at radius 1 is 1.13 bits per heavy atom. The van der Waals surface area contributed by atoms with Crippen molar-refractivity contribution in [2.75, 3.05) is 0 Å². The average Bonchev–Trinajstić information content (AvgIpc) is 2.65. The Hall–Kier alpha value is -2.64. The van der Waals surface area contributed by atoms with Crippen LogP contribution in [0.5, 0.6) is 11.5 Å². The number of aliphatic hydroxyl groups excluding tert-OH is 2. The molecule has 0 aliphatic carbocycles. The monoisotopic (exact) mass is 418 g/mol. The smallest absolute Gasteiger partial charge is 0.314 e. The zero-order valence-electron chi connectivity index (χ0n) is 17.6. The highest BCUT2D eigenvalue weighted by Gasteiger charge is 2.20. The van der Waals surface area contributed by atoms with E-state index in [0.717, 1.165) is 11.1 Å². The minimum absolute atomic E-state index is 0.0129. The highest BCUT2D eigenvalue weighted by molar-refractivity contribution is 5.95. The van der Waals surface area contributed by atoms with Gasteiger partial charge in [-0.2, -0.15) is 0 Å². The lowest BCUT2D eigenvalue weighted by Gasteiger charge is -2.18. The van der Waals surface area contributed by atoms with Crippen molar-refractivity contribution < 1.29 is 34.8 Å². The number of carboxylic acid groups (broad SMARTS) is 1. The molecule has 164 valence electrons. The van der Waals surface area contributed by atoms with Crippen molar-refractivity contribution in [3.63, 3.8) is 0 Å². The van der Waals surface area contributed by atoms with Gasteiger partial charge in [-0.25, -0.2) is 0 Å². The Kier molecular flexibility index (Phi) is 8.20. The second-order valence-corrected chi connectivity index (χ2v) is 7.81. The molecule has 4 N–H and O–H groups in total. The number of aliphatic hydroxyl groups is 2. The quantitative estimate of drug-likeness (QED) is 0.345. The molecule has 0 aliphatic rings. The van der Waals surface area contributed by atoms with Crippen molar-refractivity contribution in [2.24, 2.45) is 5.92 Å². The van der Waals surface area contributed by atoms with Crippen molar-refractivity contribution in [1.82, 2.24) is 0 Å². The molecule has 3 atom stereocenters. The number of carbonyl (C=O) groups excluding carboxylic acids is 1. The van der Waals surface area contributed by atoms with E-state index in [1.165, 1.54) is 6.07 Å². The molecular formula is C23H30O7. The Bertz CT molecular complexity index is 906. The third-order valence-electron chi connectivity index (χ3n) is 5.32. The topological polar surface area (TPSA) is 124 Å². The van der Waals surface area contributed by atoms with Gasteiger partial charge < -0.3 is 25.2 Å². The third kappa shape index (κ3) is 6.18. The first-order chi connectivity index (χ1) is 14.1. The van der Waals surface area contributed by atoms with Crippen molar-refractivity contribution in [3.8, 4) is 11.5 Å². The van der Waals surface area contributed by atoms with Gasteiger partial charge >= 0.3 is 11.9 Å². The van der Waals surface area contributed by atoms with Gasteiger partial charge in [0, 0.05) is 11.5 Å². The maximum absolute atomic E-state index is 12.4. The van der Waals surface area contributed by atoms with E-state index in [1.807, 2.05) is 26.0 Å². The summed E-state index contributed by atoms with van der Waals surface area (Å²) in [6.07, 6.45) is -1.08. The zero-order valence-corrected chi connectivity index (χ0v) is 17.6. The van der Waals surface area contributed by atoms with Gasteiger partial charge in [-0.05, 0) is 55.2 Å². The molecule has 0 bridgehead atoms. The van der Waals surface area contributed by atoms with E-state index in [0.29, 0.717) is 30.0 Å². The molecule has 7 heteroatoms. The number of phenolic OH excluding ortho intramolecular Hbond substituents is 1. The standard InChI is InChI=1S/C23H30O7/c1-4-13(2)23(29)30-20-11-17(25)9-15-6-5-14(3)19(22(15)20)8-7-16(24)10-18(26)12-21(27)28/h5-6,9,11,13,16,18,24-26H,4,7-8,10,12H2,1-3H3,(H,27,28). The van der Waals surface area contributed by atoms with E-state index in [9.17, 15) is 24.9 Å². The first-order valence-electron chi connectivity index (χ1n) is 10.2. The van der Waals surface area contributed by atoms with Crippen LogP contribution in [0.4, 0.5) is 0 Å². The molecule has 0 saturated heterocycles. The number of carbonyl (C=O) groups is 2. The Labute approximate surface area is 175 Å². The number of hydrogen-bond acceptors (Lipinski definition) is 6. The van der Waals surface area contributed by atoms with E-state index in [4.69, 9.17) is 9.84 Å². The number of aliphatic carboxylic acids is 1. The second kappa shape index (κ2) is 10.4. The summed E-state index contributed by atoms with van der Waals surface area (Å²) in [4.78, 5) is 23.0. The number of esters is 1. The maximum Gasteiger partial charge on any atom is 0.314 e. The van der Waals surface area contributed by atoms with Crippen LogP contribution in [0.25, 0.3) is 10.8 Å². The molecule has 0 radical (unpaired) electrons. The molecular weight excluding hydrogens is 388 g/mol. The van der Waals surface area contributed by atoms with Gasteiger partial charge in [0.1, 0.15) is 11.5 Å². The summed E-state index contributed by atoms with van der Waals surface area (Å²) in [5.74, 6) is -1.52. The summed E-state index contributed by atoms with van der Waals surface area (Å²) < 4.78 is 5.61. The summed E-state index contributed by atoms with van der Waals surface area (Å²) in [5.41, 5.74) is 1.80. The van der Waals surface area contributed by atoms with Crippen LogP contribution in [0.15, 0.2) is 24.3 Å². The van der Waals surface area contributed by atoms with Crippen LogP contribution < -0.4 is 4.74 Å². The molecule has 2 aromatic carbocycles. The van der Waals surface area contributed by atoms with Crippen LogP contribution in [0.1, 0.15) is 50.7 Å². The number of fused-ring (bicyclic) bond motifs is 1. The fraction of sp³-hybridized carbons (Fsp3) is 0.478. The van der Waals surface area contributed by atoms with E-state index in [1.54, 1.807) is 13.0 Å². The molecule has 0 saturated carbocycles. The number of carboxylic acids is 1. The average molecular weight is 418 g/mol. The van der Waals surface area contributed by atoms with Crippen LogP contribution in [0, 0.1) is 12.8 Å². The Morgan fingerprint density at radius 3 is 2.47 bits per heavy atom. The van der Waals surface area contributed by atoms with E-state index in [-0.39, 0.29) is 29.8 Å². The molecule has 30 heavy (non-hydrogen) atoms. The number of ether oxygens (including phenoxy) is 1. The van der Waals surface area contributed by atoms with Gasteiger partial charge in [0.15, 0.2) is 0 Å². The molecule has 2 rings (SSSR count). The summed E-state index contributed by atoms with van der Waals surface area (Å²) in [6, 6.07) is 6.73. The predicted molar refractivity (Wildman–Crippen MR) is 113 cm³/mol. The van der Waals surface area contributed by atoms with Crippen molar-refractivity contribution in [3.05, 3.63) is 35.4 Å². The van der Waals surface area contributed by atoms with Crippen LogP contribution in [0.2, 0.25) is 0 Å². The van der Waals surface area contributed by atoms with Gasteiger partial charge in [-0.3, -0.25) is 9.59 Å². The number of aromatic hydroxyl groups is 1. The van der Waals surface area contributed by atoms with E-state index >= 15 is 0 Å². The third-order valence-corrected chi connectivity index (χ3v) is 5.32. The van der Waals surface area contributed by atoms with Crippen LogP contribution >= 0.6 is 0 Å². The normalized spacial score (nSPS) is 14.3. The number of aryl methyl sites for hydroxylation is 2. The molecule has 0 aromatic heterocycles. The molecule has 0 spiro atoms. The Morgan fingerprint density at radius 2 is 1.83 bits per heavy atom. The first kappa shape index (κ1) is 23.6. The lowest BCUT2D eigenvalue weighted by atomic mass is 9.93. The van der Waals surface area contributed by atoms with Gasteiger partial charge in [0.25, 0.3) is 0 Å². The van der Waals surface area contributed by atoms with E-state index < -0.39 is 24.6 Å². The van der Waals surface area contributed by atoms with Gasteiger partial charge in [0.2, 0.25) is 0 Å². The first-order valence-corrected chi connectivity index (χ1v) is 10.2. The summed E-state index contributed by atoms with van der Waals surface area (Å²) in [7, 11) is 0. The highest BCUT2D eigenvalue weighted by Crippen LogP contribution is 2.36. The molecule has 0 amide bonds. The maximum atomic E-state index is 12.4. The summed E-state index contributed by atoms with van der Waals surface area (Å²) in [5, 5.41) is 40.2. The minimum atomic E-state index is -1.12. The second-order valence-electron chi connectivity index (χ2n) is 7.81. The summed E-state index contributed by atoms with van der Waals surface area (Å²) >= 11 is 0. The molecule has 7 nitrogen and oxygen atoms in total. The number of hydrogen-bond donors (Lipinski definition) is 4. The Balaban J connectivity index is 2.31. The van der Waals surface area contributed by atoms with E-state index in [2.05, 4.69) is 0 Å². The fourth-order valence-corrected chi connectivity index (χ4v) is 3.39. The van der Waals surface area contributed by atoms with Crippen molar-refractivity contribution >= 4 is 22.7 Å². The zero-order chi connectivity index (χ0) is 22.4. The summed E-state index contributed by atoms with van der Waals surface area (Å²) in [6.45, 7) is 5.58. The number of phenols is 1. The van der Waals surface area contributed by atoms with Crippen molar-refractivity contribution in [2.45, 2.75) is 65.1 Å². The lowest BCUT2D eigenvalue weighted by molar-refractivity contribution is -0.140. The largest absolute Gasteiger partial charge is 0.508 e. The molecule has 0 aliphatic heterocycles. The SMILES string of the molecule is CCC(C)C(=O)Oc1cc(O)cc2ccc(C)c(CCC(O)CC(O)CC(=O)O)c12. The fourth-order valence-electron chi connectivity index (χ4n) is 3.39. The minimum Gasteiger partial charge on any atom is -0.508 e. The number of benzene rings is 2. The van der Waals surface area contributed by atoms with Gasteiger partial charge in [-0.15, -0.1) is 0 Å². The molecule has 2 aromatic rings. The molecule has 0 heterocycles. The van der Waals surface area contributed by atoms with Crippen LogP contribution in [-0.2, 0) is 16.0 Å². The molecule has 3 unspecified atom stereocenters. The van der Waals surface area contributed by atoms with Gasteiger partial charge in [-0.1, -0.05) is 26.0 Å². The molecule has 0 fully saturated rings. The number of rotatable bonds is 10. The lowest BCUT2D eigenvalue weighted by Crippen LogP contribution is -2.21. The predicted octanol–water partition coefficient (Wildman–Crippen LogP) is 3.32. The van der Waals surface area contributed by atoms with Crippen LogP contribution in [0.3, 0.4) is 0 Å². The van der Waals surface area contributed by atoms with Crippen LogP contribution in [-0.4, -0.2) is 44.6 Å². The van der Waals surface area contributed by atoms with Gasteiger partial charge in [0.05, 0.1) is 24.5 Å². The van der Waals surface area contributed by atoms with Crippen molar-refractivity contribution in [1.29, 1.82) is 0 Å². The highest BCUT2D eigenvalue weighted by atomic mass is 16.5.